The Morgan fingerprint density at radius 1 is 1.03 bits per heavy atom. The molecule has 1 amide bonds. The lowest BCUT2D eigenvalue weighted by atomic mass is 9.82. The molecule has 3 aromatic carbocycles. The van der Waals surface area contributed by atoms with E-state index in [1.165, 1.54) is 4.57 Å². The van der Waals surface area contributed by atoms with Crippen molar-refractivity contribution in [3.05, 3.63) is 94.5 Å². The average molecular weight is 524 g/mol. The highest BCUT2D eigenvalue weighted by atomic mass is 16.4. The highest BCUT2D eigenvalue weighted by Gasteiger charge is 2.40. The molecule has 4 aromatic rings. The third kappa shape index (κ3) is 4.79. The second-order valence-corrected chi connectivity index (χ2v) is 10.2. The summed E-state index contributed by atoms with van der Waals surface area (Å²) in [5.74, 6) is -0.163. The van der Waals surface area contributed by atoms with Crippen LogP contribution in [0.15, 0.2) is 82.0 Å². The Balaban J connectivity index is 1.36. The van der Waals surface area contributed by atoms with Gasteiger partial charge in [0.25, 0.3) is 0 Å². The lowest BCUT2D eigenvalue weighted by molar-refractivity contribution is 0.0838. The minimum atomic E-state index is -0.950. The predicted octanol–water partition coefficient (Wildman–Crippen LogP) is 5.37. The first kappa shape index (κ1) is 24.9. The lowest BCUT2D eigenvalue weighted by Gasteiger charge is -2.48. The summed E-state index contributed by atoms with van der Waals surface area (Å²) in [7, 11) is 0. The molecule has 3 fully saturated rings. The van der Waals surface area contributed by atoms with Crippen LogP contribution in [0.25, 0.3) is 28.3 Å². The van der Waals surface area contributed by atoms with Crippen LogP contribution >= 0.6 is 0 Å². The number of benzene rings is 3. The zero-order valence-corrected chi connectivity index (χ0v) is 21.4. The van der Waals surface area contributed by atoms with Gasteiger partial charge in [-0.2, -0.15) is 0 Å². The Kier molecular flexibility index (Phi) is 6.62. The summed E-state index contributed by atoms with van der Waals surface area (Å²) in [5.41, 5.74) is 4.74. The van der Waals surface area contributed by atoms with Crippen LogP contribution in [0.3, 0.4) is 0 Å². The molecule has 0 radical (unpaired) electrons. The van der Waals surface area contributed by atoms with Crippen LogP contribution in [-0.4, -0.2) is 52.6 Å². The maximum Gasteiger partial charge on any atom is 0.420 e. The van der Waals surface area contributed by atoms with Gasteiger partial charge in [0.05, 0.1) is 17.2 Å². The Morgan fingerprint density at radius 3 is 2.49 bits per heavy atom. The summed E-state index contributed by atoms with van der Waals surface area (Å²) in [4.78, 5) is 40.3. The Hall–Kier alpha value is -4.43. The van der Waals surface area contributed by atoms with Crippen molar-refractivity contribution in [1.82, 2.24) is 9.47 Å². The molecular formula is C31H29N3O5. The molecule has 1 aromatic heterocycles. The largest absolute Gasteiger partial charge is 0.465 e. The van der Waals surface area contributed by atoms with Gasteiger partial charge >= 0.3 is 11.8 Å². The van der Waals surface area contributed by atoms with Crippen molar-refractivity contribution in [2.45, 2.75) is 25.4 Å². The Morgan fingerprint density at radius 2 is 1.79 bits per heavy atom. The molecule has 3 aliphatic rings. The van der Waals surface area contributed by atoms with Crippen LogP contribution in [-0.2, 0) is 6.54 Å². The monoisotopic (exact) mass is 523 g/mol. The number of aromatic nitrogens is 1. The number of nitrogens with zero attached hydrogens (tertiary/aromatic N) is 3. The van der Waals surface area contributed by atoms with Crippen molar-refractivity contribution in [2.75, 3.05) is 24.5 Å². The van der Waals surface area contributed by atoms with Crippen LogP contribution in [0.1, 0.15) is 28.8 Å². The topological polar surface area (TPSA) is 96.0 Å². The van der Waals surface area contributed by atoms with Gasteiger partial charge in [-0.3, -0.25) is 14.3 Å². The van der Waals surface area contributed by atoms with Gasteiger partial charge in [0.1, 0.15) is 6.29 Å². The molecule has 8 heteroatoms. The molecule has 3 aliphatic heterocycles. The Bertz CT molecular complexity index is 1610. The van der Waals surface area contributed by atoms with Crippen LogP contribution in [0.5, 0.6) is 0 Å². The van der Waals surface area contributed by atoms with Gasteiger partial charge in [-0.15, -0.1) is 0 Å². The number of allylic oxidation sites excluding steroid dienone is 1. The fourth-order valence-electron chi connectivity index (χ4n) is 5.98. The summed E-state index contributed by atoms with van der Waals surface area (Å²) in [6, 6.07) is 20.4. The smallest absolute Gasteiger partial charge is 0.420 e. The number of carbonyl (C=O) groups is 2. The third-order valence-corrected chi connectivity index (χ3v) is 7.95. The summed E-state index contributed by atoms with van der Waals surface area (Å²) >= 11 is 0. The van der Waals surface area contributed by atoms with E-state index in [-0.39, 0.29) is 12.6 Å². The summed E-state index contributed by atoms with van der Waals surface area (Å²) in [6.07, 6.45) is 5.52. The second kappa shape index (κ2) is 10.4. The van der Waals surface area contributed by atoms with E-state index < -0.39 is 11.8 Å². The van der Waals surface area contributed by atoms with E-state index in [1.807, 2.05) is 60.7 Å². The second-order valence-electron chi connectivity index (χ2n) is 10.2. The first-order chi connectivity index (χ1) is 19.0. The number of hydrogen-bond acceptors (Lipinski definition) is 5. The number of hydrogen-bond donors (Lipinski definition) is 1. The summed E-state index contributed by atoms with van der Waals surface area (Å²) in [5, 5.41) is 10.5. The maximum absolute atomic E-state index is 12.8. The van der Waals surface area contributed by atoms with E-state index in [0.717, 1.165) is 55.5 Å². The molecule has 0 spiro atoms. The van der Waals surface area contributed by atoms with Gasteiger partial charge in [0.2, 0.25) is 0 Å². The lowest BCUT2D eigenvalue weighted by Crippen LogP contribution is -2.59. The van der Waals surface area contributed by atoms with E-state index in [1.54, 1.807) is 23.1 Å². The SMILES string of the molecule is O=Cc1ccc2oc(=O)n(CC=Cc3ccc(-c4ccccc4)c(N(C(=O)O)[C@H]4CN5CCC4CC5)c3)c2c1. The van der Waals surface area contributed by atoms with Gasteiger partial charge in [-0.25, -0.2) is 9.59 Å². The zero-order chi connectivity index (χ0) is 26.9. The zero-order valence-electron chi connectivity index (χ0n) is 21.4. The van der Waals surface area contributed by atoms with Gasteiger partial charge in [0, 0.05) is 24.2 Å². The minimum Gasteiger partial charge on any atom is -0.465 e. The molecule has 4 heterocycles. The molecule has 3 saturated heterocycles. The van der Waals surface area contributed by atoms with E-state index in [2.05, 4.69) is 4.90 Å². The first-order valence-electron chi connectivity index (χ1n) is 13.2. The summed E-state index contributed by atoms with van der Waals surface area (Å²) < 4.78 is 6.78. The number of carboxylic acid groups (broad SMARTS) is 1. The number of fused-ring (bicyclic) bond motifs is 4. The molecule has 0 aliphatic carbocycles. The molecule has 1 atom stereocenters. The van der Waals surface area contributed by atoms with Crippen LogP contribution in [0, 0.1) is 5.92 Å². The highest BCUT2D eigenvalue weighted by molar-refractivity contribution is 5.94. The molecule has 2 bridgehead atoms. The molecule has 0 saturated carbocycles. The number of carbonyl (C=O) groups excluding carboxylic acids is 1. The number of rotatable bonds is 7. The van der Waals surface area contributed by atoms with Crippen molar-refractivity contribution in [3.8, 4) is 11.1 Å². The molecule has 198 valence electrons. The van der Waals surface area contributed by atoms with Crippen molar-refractivity contribution < 1.29 is 19.1 Å². The molecule has 7 rings (SSSR count). The first-order valence-corrected chi connectivity index (χ1v) is 13.2. The van der Waals surface area contributed by atoms with Gasteiger partial charge < -0.3 is 14.4 Å². The molecule has 0 unspecified atom stereocenters. The maximum atomic E-state index is 12.8. The number of oxazole rings is 1. The third-order valence-electron chi connectivity index (χ3n) is 7.95. The van der Waals surface area contributed by atoms with Crippen molar-refractivity contribution in [3.63, 3.8) is 0 Å². The van der Waals surface area contributed by atoms with E-state index in [9.17, 15) is 19.5 Å². The fraction of sp³-hybridized carbons (Fsp3) is 0.258. The predicted molar refractivity (Wildman–Crippen MR) is 150 cm³/mol. The number of anilines is 1. The van der Waals surface area contributed by atoms with E-state index in [0.29, 0.717) is 28.3 Å². The van der Waals surface area contributed by atoms with E-state index in [4.69, 9.17) is 4.42 Å². The fourth-order valence-corrected chi connectivity index (χ4v) is 5.98. The molecule has 39 heavy (non-hydrogen) atoms. The highest BCUT2D eigenvalue weighted by Crippen LogP contribution is 2.39. The van der Waals surface area contributed by atoms with Crippen molar-refractivity contribution in [2.24, 2.45) is 5.92 Å². The quantitative estimate of drug-likeness (QED) is 0.328. The van der Waals surface area contributed by atoms with Crippen LogP contribution in [0.4, 0.5) is 10.5 Å². The van der Waals surface area contributed by atoms with Crippen LogP contribution < -0.4 is 10.7 Å². The Labute approximate surface area is 225 Å². The number of aldehydes is 1. The minimum absolute atomic E-state index is 0.102. The van der Waals surface area contributed by atoms with E-state index >= 15 is 0 Å². The molecule has 1 N–H and O–H groups in total. The van der Waals surface area contributed by atoms with Gasteiger partial charge in [-0.05, 0) is 67.2 Å². The average Bonchev–Trinajstić information content (AvgIpc) is 3.28. The van der Waals surface area contributed by atoms with Gasteiger partial charge in [0.15, 0.2) is 5.58 Å². The molecular weight excluding hydrogens is 494 g/mol. The molecule has 8 nitrogen and oxygen atoms in total. The summed E-state index contributed by atoms with van der Waals surface area (Å²) in [6.45, 7) is 3.04. The van der Waals surface area contributed by atoms with Gasteiger partial charge in [-0.1, -0.05) is 54.6 Å². The van der Waals surface area contributed by atoms with Crippen molar-refractivity contribution in [1.29, 1.82) is 0 Å². The van der Waals surface area contributed by atoms with Crippen molar-refractivity contribution >= 4 is 35.2 Å². The van der Waals surface area contributed by atoms with Crippen LogP contribution in [0.2, 0.25) is 0 Å². The number of piperidine rings is 3. The number of amides is 1. The standard InChI is InChI=1S/C31H29N3O5/c35-20-22-9-11-29-27(18-22)33(31(38)39-29)14-4-5-21-8-10-25(23-6-2-1-3-7-23)26(17-21)34(30(36)37)28-19-32-15-12-24(28)13-16-32/h1-11,17-18,20,24,28H,12-16,19H2,(H,36,37)/t28-/m0/s1. The normalized spacial score (nSPS) is 20.5.